The van der Waals surface area contributed by atoms with Gasteiger partial charge in [-0.15, -0.1) is 0 Å². The lowest BCUT2D eigenvalue weighted by molar-refractivity contribution is -0.138. The summed E-state index contributed by atoms with van der Waals surface area (Å²) < 4.78 is 26.0. The number of hydrogen-bond donors (Lipinski definition) is 3. The molecule has 3 N–H and O–H groups in total. The van der Waals surface area contributed by atoms with E-state index in [4.69, 9.17) is 0 Å². The van der Waals surface area contributed by atoms with Gasteiger partial charge >= 0.3 is 0 Å². The van der Waals surface area contributed by atoms with Gasteiger partial charge in [0, 0.05) is 25.2 Å². The van der Waals surface area contributed by atoms with Gasteiger partial charge in [0.15, 0.2) is 0 Å². The van der Waals surface area contributed by atoms with Gasteiger partial charge in [0.2, 0.25) is 27.7 Å². The second-order valence-corrected chi connectivity index (χ2v) is 13.6. The molecule has 2 aliphatic carbocycles. The van der Waals surface area contributed by atoms with Crippen LogP contribution in [0, 0.1) is 11.8 Å². The van der Waals surface area contributed by atoms with Crippen molar-refractivity contribution in [3.8, 4) is 0 Å². The van der Waals surface area contributed by atoms with E-state index in [0.29, 0.717) is 38.6 Å². The van der Waals surface area contributed by atoms with E-state index < -0.39 is 26.9 Å². The predicted molar refractivity (Wildman–Crippen MR) is 151 cm³/mol. The third-order valence-corrected chi connectivity index (χ3v) is 10.4. The van der Waals surface area contributed by atoms with Crippen molar-refractivity contribution in [2.45, 2.75) is 88.0 Å². The van der Waals surface area contributed by atoms with E-state index in [1.807, 2.05) is 36.4 Å². The fourth-order valence-electron chi connectivity index (χ4n) is 5.23. The number of likely N-dealkylation sites (N-methyl/N-ethyl adjacent to an activating group) is 1. The Kier molecular flexibility index (Phi) is 9.35. The first kappa shape index (κ1) is 29.1. The van der Waals surface area contributed by atoms with Crippen LogP contribution in [0.15, 0.2) is 42.5 Å². The Bertz CT molecular complexity index is 1170. The molecule has 3 aliphatic rings. The molecule has 1 aromatic carbocycles. The Morgan fingerprint density at radius 3 is 2.54 bits per heavy atom. The average molecular weight is 559 g/mol. The largest absolute Gasteiger partial charge is 0.374 e. The first-order valence-corrected chi connectivity index (χ1v) is 15.7. The first-order valence-electron chi connectivity index (χ1n) is 14.2. The maximum Gasteiger partial charge on any atom is 0.245 e. The molecule has 10 heteroatoms. The van der Waals surface area contributed by atoms with Crippen LogP contribution in [0.25, 0.3) is 0 Å². The summed E-state index contributed by atoms with van der Waals surface area (Å²) in [5.41, 5.74) is 0.886. The van der Waals surface area contributed by atoms with Gasteiger partial charge in [-0.2, -0.15) is 0 Å². The minimum Gasteiger partial charge on any atom is -0.374 e. The van der Waals surface area contributed by atoms with Crippen molar-refractivity contribution in [3.63, 3.8) is 0 Å². The smallest absolute Gasteiger partial charge is 0.245 e. The van der Waals surface area contributed by atoms with Crippen molar-refractivity contribution in [2.75, 3.05) is 18.9 Å². The summed E-state index contributed by atoms with van der Waals surface area (Å²) in [7, 11) is -1.97. The van der Waals surface area contributed by atoms with Crippen LogP contribution < -0.4 is 15.4 Å². The van der Waals surface area contributed by atoms with E-state index in [1.54, 1.807) is 18.9 Å². The number of nitrogens with one attached hydrogen (secondary N) is 3. The number of amides is 3. The molecule has 0 aromatic heterocycles. The zero-order valence-electron chi connectivity index (χ0n) is 23.0. The summed E-state index contributed by atoms with van der Waals surface area (Å²) in [6.07, 6.45) is 11.9. The lowest BCUT2D eigenvalue weighted by Crippen LogP contribution is -2.50. The molecule has 2 saturated carbocycles. The molecule has 4 atom stereocenters. The van der Waals surface area contributed by atoms with Crippen molar-refractivity contribution in [1.29, 1.82) is 0 Å². The highest BCUT2D eigenvalue weighted by atomic mass is 32.2. The summed E-state index contributed by atoms with van der Waals surface area (Å²) in [5.74, 6) is -0.659. The summed E-state index contributed by atoms with van der Waals surface area (Å²) in [6, 6.07) is 8.88. The molecule has 214 valence electrons. The molecular formula is C29H42N4O5S. The Balaban J connectivity index is 1.20. The lowest BCUT2D eigenvalue weighted by Gasteiger charge is -2.29. The number of likely N-dealkylation sites (tertiary alicyclic amines) is 1. The van der Waals surface area contributed by atoms with E-state index >= 15 is 0 Å². The summed E-state index contributed by atoms with van der Waals surface area (Å²) in [4.78, 5) is 39.8. The molecule has 0 spiro atoms. The van der Waals surface area contributed by atoms with Gasteiger partial charge < -0.3 is 15.5 Å². The van der Waals surface area contributed by atoms with Crippen LogP contribution in [0.4, 0.5) is 5.69 Å². The Labute approximate surface area is 232 Å². The van der Waals surface area contributed by atoms with E-state index in [0.717, 1.165) is 37.8 Å². The molecule has 1 heterocycles. The number of anilines is 1. The second-order valence-electron chi connectivity index (χ2n) is 11.4. The number of unbranched alkanes of at least 4 members (excludes halogenated alkanes) is 3. The van der Waals surface area contributed by atoms with Crippen LogP contribution in [-0.4, -0.2) is 61.5 Å². The Hall–Kier alpha value is -2.88. The van der Waals surface area contributed by atoms with Crippen molar-refractivity contribution in [1.82, 2.24) is 14.9 Å². The van der Waals surface area contributed by atoms with Gasteiger partial charge in [-0.05, 0) is 76.3 Å². The molecule has 39 heavy (non-hydrogen) atoms. The minimum absolute atomic E-state index is 0.0272. The topological polar surface area (TPSA) is 125 Å². The molecule has 1 aliphatic heterocycles. The van der Waals surface area contributed by atoms with Gasteiger partial charge in [0.05, 0.1) is 4.75 Å². The third-order valence-electron chi connectivity index (χ3n) is 8.26. The molecule has 1 aromatic rings. The molecule has 3 fully saturated rings. The number of para-hydroxylation sites is 1. The quantitative estimate of drug-likeness (QED) is 0.238. The number of rotatable bonds is 14. The fraction of sp³-hybridized carbons (Fsp3) is 0.621. The first-order chi connectivity index (χ1) is 18.6. The number of carbonyl (C=O) groups is 3. The maximum absolute atomic E-state index is 13.5. The number of benzene rings is 1. The van der Waals surface area contributed by atoms with E-state index in [1.165, 1.54) is 0 Å². The SMILES string of the molecule is CNC(=O)[C@@H]1CCCN1C(=O)[C@H](CCCCC/C=C\[C@@H]1C[C@@H]1C(=O)NS(=O)(=O)C1(C)CC1)Nc1ccccc1. The van der Waals surface area contributed by atoms with Crippen molar-refractivity contribution < 1.29 is 22.8 Å². The molecule has 9 nitrogen and oxygen atoms in total. The van der Waals surface area contributed by atoms with E-state index in [-0.39, 0.29) is 29.6 Å². The number of hydrogen-bond acceptors (Lipinski definition) is 6. The molecule has 1 saturated heterocycles. The molecule has 0 bridgehead atoms. The summed E-state index contributed by atoms with van der Waals surface area (Å²) in [5, 5.41) is 6.07. The van der Waals surface area contributed by atoms with Gasteiger partial charge in [0.25, 0.3) is 0 Å². The van der Waals surface area contributed by atoms with Crippen LogP contribution in [-0.2, 0) is 24.4 Å². The molecule has 3 amide bonds. The van der Waals surface area contributed by atoms with Crippen LogP contribution in [0.2, 0.25) is 0 Å². The number of sulfonamides is 1. The Morgan fingerprint density at radius 2 is 1.85 bits per heavy atom. The minimum atomic E-state index is -3.57. The molecule has 4 rings (SSSR count). The predicted octanol–water partition coefficient (Wildman–Crippen LogP) is 3.35. The maximum atomic E-state index is 13.5. The Morgan fingerprint density at radius 1 is 1.10 bits per heavy atom. The van der Waals surface area contributed by atoms with Gasteiger partial charge in [0.1, 0.15) is 12.1 Å². The van der Waals surface area contributed by atoms with Crippen LogP contribution in [0.1, 0.15) is 71.1 Å². The van der Waals surface area contributed by atoms with Crippen LogP contribution in [0.5, 0.6) is 0 Å². The zero-order valence-corrected chi connectivity index (χ0v) is 23.8. The van der Waals surface area contributed by atoms with Crippen LogP contribution in [0.3, 0.4) is 0 Å². The fourth-order valence-corrected chi connectivity index (χ4v) is 6.53. The number of nitrogens with zero attached hydrogens (tertiary/aromatic N) is 1. The van der Waals surface area contributed by atoms with Gasteiger partial charge in [-0.1, -0.05) is 43.2 Å². The van der Waals surface area contributed by atoms with E-state index in [9.17, 15) is 22.8 Å². The number of carbonyl (C=O) groups excluding carboxylic acids is 3. The van der Waals surface area contributed by atoms with E-state index in [2.05, 4.69) is 21.4 Å². The molecule has 0 unspecified atom stereocenters. The standard InChI is InChI=1S/C29H42N4O5S/c1-29(17-18-29)39(37,38)32-26(34)23-20-21(23)12-7-4-3-5-10-15-24(31-22-13-8-6-9-14-22)28(36)33-19-11-16-25(33)27(35)30-2/h6-9,12-14,21,23-25,31H,3-5,10-11,15-20H2,1-2H3,(H,30,35)(H,32,34)/b12-7-/t21-,23+,24+,25+/m1/s1. The lowest BCUT2D eigenvalue weighted by atomic mass is 10.0. The normalized spacial score (nSPS) is 24.3. The van der Waals surface area contributed by atoms with Crippen LogP contribution >= 0.6 is 0 Å². The zero-order chi connectivity index (χ0) is 28.0. The van der Waals surface area contributed by atoms with Gasteiger partial charge in [-0.3, -0.25) is 19.1 Å². The highest BCUT2D eigenvalue weighted by Gasteiger charge is 2.52. The van der Waals surface area contributed by atoms with Gasteiger partial charge in [-0.25, -0.2) is 8.42 Å². The molecule has 0 radical (unpaired) electrons. The summed E-state index contributed by atoms with van der Waals surface area (Å²) >= 11 is 0. The summed E-state index contributed by atoms with van der Waals surface area (Å²) in [6.45, 7) is 2.27. The average Bonchev–Trinajstić information content (AvgIpc) is 3.82. The van der Waals surface area contributed by atoms with Crippen molar-refractivity contribution >= 4 is 33.4 Å². The highest BCUT2D eigenvalue weighted by Crippen LogP contribution is 2.44. The highest BCUT2D eigenvalue weighted by molar-refractivity contribution is 7.91. The molecular weight excluding hydrogens is 516 g/mol. The second kappa shape index (κ2) is 12.5. The van der Waals surface area contributed by atoms with Crippen molar-refractivity contribution in [2.24, 2.45) is 11.8 Å². The third kappa shape index (κ3) is 7.41. The van der Waals surface area contributed by atoms with Crippen molar-refractivity contribution in [3.05, 3.63) is 42.5 Å². The number of allylic oxidation sites excluding steroid dienone is 2. The monoisotopic (exact) mass is 558 g/mol.